The Morgan fingerprint density at radius 1 is 1.11 bits per heavy atom. The van der Waals surface area contributed by atoms with Gasteiger partial charge in [0.15, 0.2) is 0 Å². The van der Waals surface area contributed by atoms with E-state index in [0.717, 1.165) is 12.7 Å². The number of ether oxygens (including phenoxy) is 2. The number of aromatic nitrogens is 3. The van der Waals surface area contributed by atoms with Crippen molar-refractivity contribution in [3.8, 4) is 0 Å². The fourth-order valence-corrected chi connectivity index (χ4v) is 3.23. The molecule has 0 fully saturated rings. The van der Waals surface area contributed by atoms with Gasteiger partial charge in [0.1, 0.15) is 25.4 Å². The lowest BCUT2D eigenvalue weighted by molar-refractivity contribution is -0.142. The molecule has 1 aromatic heterocycles. The van der Waals surface area contributed by atoms with E-state index < -0.39 is 42.8 Å². The average molecular weight is 523 g/mol. The van der Waals surface area contributed by atoms with Gasteiger partial charge in [-0.1, -0.05) is 35.5 Å². The van der Waals surface area contributed by atoms with Crippen LogP contribution in [0.3, 0.4) is 0 Å². The summed E-state index contributed by atoms with van der Waals surface area (Å²) >= 11 is 0. The Kier molecular flexibility index (Phi) is 12.3. The summed E-state index contributed by atoms with van der Waals surface area (Å²) in [5.41, 5.74) is 1.16. The number of carbonyl (C=O) groups excluding carboxylic acids is 3. The Labute approximate surface area is 212 Å². The number of carbonyl (C=O) groups is 4. The normalized spacial score (nSPS) is 12.2. The summed E-state index contributed by atoms with van der Waals surface area (Å²) in [6.45, 7) is -0.252. The van der Waals surface area contributed by atoms with E-state index in [1.807, 2.05) is 30.3 Å². The van der Waals surface area contributed by atoms with Gasteiger partial charge < -0.3 is 30.5 Å². The van der Waals surface area contributed by atoms with E-state index in [1.54, 1.807) is 0 Å². The quantitative estimate of drug-likeness (QED) is 0.198. The predicted octanol–water partition coefficient (Wildman–Crippen LogP) is 1.18. The number of unbranched alkanes of at least 4 members (excludes halogenated alkanes) is 1. The van der Waals surface area contributed by atoms with Crippen molar-refractivity contribution in [1.82, 2.24) is 30.9 Å². The molecular weight excluding hydrogens is 491 g/mol. The summed E-state index contributed by atoms with van der Waals surface area (Å²) in [6.07, 6.45) is 1.68. The van der Waals surface area contributed by atoms with Crippen molar-refractivity contribution in [2.75, 3.05) is 20.3 Å². The van der Waals surface area contributed by atoms with Crippen LogP contribution in [-0.2, 0) is 38.6 Å². The van der Waals surface area contributed by atoms with Crippen LogP contribution < -0.4 is 16.0 Å². The third-order valence-electron chi connectivity index (χ3n) is 5.11. The Morgan fingerprint density at radius 2 is 1.84 bits per heavy atom. The summed E-state index contributed by atoms with van der Waals surface area (Å²) in [7, 11) is 1.14. The van der Waals surface area contributed by atoms with E-state index in [1.165, 1.54) is 10.9 Å². The number of carboxylic acid groups (broad SMARTS) is 1. The Hall–Kier alpha value is -4.23. The molecule has 0 bridgehead atoms. The van der Waals surface area contributed by atoms with Crippen LogP contribution in [0.15, 0.2) is 36.5 Å². The monoisotopic (exact) mass is 522 g/mol. The fraction of sp³-hybridized carbons (Fsp3) is 0.478. The van der Waals surface area contributed by atoms with E-state index >= 15 is 0 Å². The second-order valence-corrected chi connectivity index (χ2v) is 7.93. The number of benzene rings is 1. The second-order valence-electron chi connectivity index (χ2n) is 7.93. The van der Waals surface area contributed by atoms with Gasteiger partial charge in [0, 0.05) is 19.2 Å². The van der Waals surface area contributed by atoms with Crippen LogP contribution in [0, 0.1) is 0 Å². The molecule has 2 atom stereocenters. The molecule has 14 heteroatoms. The number of hydrogen-bond acceptors (Lipinski definition) is 8. The SMILES string of the molecule is COC(=O)[C@H](Cc1cn(CCF)nn1)NC(=O)N[C@@H](CCCCNC(=O)OCc1ccccc1)C(=O)O. The number of carboxylic acids is 1. The number of rotatable bonds is 15. The van der Waals surface area contributed by atoms with Crippen molar-refractivity contribution >= 4 is 24.1 Å². The molecule has 0 aliphatic rings. The molecule has 2 aromatic rings. The third-order valence-corrected chi connectivity index (χ3v) is 5.11. The highest BCUT2D eigenvalue weighted by molar-refractivity contribution is 5.86. The third kappa shape index (κ3) is 10.9. The lowest BCUT2D eigenvalue weighted by Crippen LogP contribution is -2.52. The topological polar surface area (TPSA) is 174 Å². The molecule has 0 aliphatic heterocycles. The lowest BCUT2D eigenvalue weighted by atomic mass is 10.1. The number of nitrogens with one attached hydrogen (secondary N) is 3. The first-order chi connectivity index (χ1) is 17.8. The molecule has 13 nitrogen and oxygen atoms in total. The molecule has 1 heterocycles. The molecular formula is C23H31FN6O7. The molecule has 3 amide bonds. The van der Waals surface area contributed by atoms with Crippen molar-refractivity contribution in [3.05, 3.63) is 47.8 Å². The zero-order valence-electron chi connectivity index (χ0n) is 20.4. The molecule has 0 spiro atoms. The first kappa shape index (κ1) is 29.0. The highest BCUT2D eigenvalue weighted by Crippen LogP contribution is 2.05. The van der Waals surface area contributed by atoms with Crippen LogP contribution in [0.25, 0.3) is 0 Å². The van der Waals surface area contributed by atoms with E-state index in [-0.39, 0.29) is 32.5 Å². The van der Waals surface area contributed by atoms with Gasteiger partial charge in [0.25, 0.3) is 0 Å². The Bertz CT molecular complexity index is 1020. The van der Waals surface area contributed by atoms with Crippen LogP contribution in [0.4, 0.5) is 14.0 Å². The van der Waals surface area contributed by atoms with E-state index in [4.69, 9.17) is 4.74 Å². The molecule has 0 radical (unpaired) electrons. The number of nitrogens with zero attached hydrogens (tertiary/aromatic N) is 3. The van der Waals surface area contributed by atoms with Gasteiger partial charge in [-0.3, -0.25) is 0 Å². The fourth-order valence-electron chi connectivity index (χ4n) is 3.23. The minimum Gasteiger partial charge on any atom is -0.480 e. The Morgan fingerprint density at radius 3 is 2.51 bits per heavy atom. The van der Waals surface area contributed by atoms with E-state index in [0.29, 0.717) is 18.5 Å². The van der Waals surface area contributed by atoms with E-state index in [2.05, 4.69) is 31.0 Å². The van der Waals surface area contributed by atoms with Crippen LogP contribution in [0.2, 0.25) is 0 Å². The van der Waals surface area contributed by atoms with Crippen molar-refractivity contribution in [1.29, 1.82) is 0 Å². The largest absolute Gasteiger partial charge is 0.480 e. The number of methoxy groups -OCH3 is 1. The van der Waals surface area contributed by atoms with Gasteiger partial charge in [0.2, 0.25) is 0 Å². The van der Waals surface area contributed by atoms with Crippen molar-refractivity contribution < 1.29 is 38.1 Å². The smallest absolute Gasteiger partial charge is 0.407 e. The summed E-state index contributed by atoms with van der Waals surface area (Å²) in [6, 6.07) is 5.90. The van der Waals surface area contributed by atoms with Crippen LogP contribution >= 0.6 is 0 Å². The molecule has 0 aliphatic carbocycles. The maximum atomic E-state index is 12.4. The average Bonchev–Trinajstić information content (AvgIpc) is 3.33. The van der Waals surface area contributed by atoms with Crippen LogP contribution in [0.1, 0.15) is 30.5 Å². The second kappa shape index (κ2) is 15.7. The number of alkyl halides is 1. The molecule has 2 rings (SSSR count). The van der Waals surface area contributed by atoms with Gasteiger partial charge in [-0.15, -0.1) is 5.10 Å². The van der Waals surface area contributed by atoms with Crippen LogP contribution in [0.5, 0.6) is 0 Å². The van der Waals surface area contributed by atoms with Gasteiger partial charge in [-0.25, -0.2) is 28.3 Å². The molecule has 0 unspecified atom stereocenters. The number of esters is 1. The van der Waals surface area contributed by atoms with Gasteiger partial charge >= 0.3 is 24.1 Å². The number of alkyl carbamates (subject to hydrolysis) is 1. The van der Waals surface area contributed by atoms with Gasteiger partial charge in [0.05, 0.1) is 19.3 Å². The standard InChI is InChI=1S/C23H31FN6O7/c1-36-21(33)19(13-17-14-30(12-10-24)29-28-17)27-22(34)26-18(20(31)32)9-5-6-11-25-23(35)37-15-16-7-3-2-4-8-16/h2-4,7-8,14,18-19H,5-6,9-13,15H2,1H3,(H,25,35)(H,31,32)(H2,26,27,34)/t18-,19-/m0/s1. The minimum absolute atomic E-state index is 0.00547. The zero-order valence-corrected chi connectivity index (χ0v) is 20.4. The highest BCUT2D eigenvalue weighted by Gasteiger charge is 2.26. The number of amides is 3. The number of aryl methyl sites for hydroxylation is 1. The number of aliphatic carboxylic acids is 1. The van der Waals surface area contributed by atoms with Gasteiger partial charge in [-0.2, -0.15) is 0 Å². The van der Waals surface area contributed by atoms with E-state index in [9.17, 15) is 28.7 Å². The number of hydrogen-bond donors (Lipinski definition) is 4. The van der Waals surface area contributed by atoms with Crippen molar-refractivity contribution in [3.63, 3.8) is 0 Å². The first-order valence-electron chi connectivity index (χ1n) is 11.6. The molecule has 4 N–H and O–H groups in total. The maximum absolute atomic E-state index is 12.4. The highest BCUT2D eigenvalue weighted by atomic mass is 19.1. The lowest BCUT2D eigenvalue weighted by Gasteiger charge is -2.19. The van der Waals surface area contributed by atoms with Crippen molar-refractivity contribution in [2.24, 2.45) is 0 Å². The molecule has 0 saturated carbocycles. The zero-order chi connectivity index (χ0) is 27.0. The minimum atomic E-state index is -1.26. The predicted molar refractivity (Wildman–Crippen MR) is 127 cm³/mol. The summed E-state index contributed by atoms with van der Waals surface area (Å²) < 4.78 is 23.5. The van der Waals surface area contributed by atoms with Gasteiger partial charge in [-0.05, 0) is 24.8 Å². The summed E-state index contributed by atoms with van der Waals surface area (Å²) in [4.78, 5) is 47.8. The Balaban J connectivity index is 1.74. The maximum Gasteiger partial charge on any atom is 0.407 e. The van der Waals surface area contributed by atoms with Crippen LogP contribution in [-0.4, -0.2) is 76.6 Å². The number of urea groups is 1. The number of halogens is 1. The summed E-state index contributed by atoms with van der Waals surface area (Å²) in [5.74, 6) is -2.03. The molecule has 0 saturated heterocycles. The van der Waals surface area contributed by atoms with Crippen molar-refractivity contribution in [2.45, 2.75) is 50.9 Å². The molecule has 1 aromatic carbocycles. The summed E-state index contributed by atoms with van der Waals surface area (Å²) in [5, 5.41) is 24.3. The first-order valence-corrected chi connectivity index (χ1v) is 11.6. The molecule has 37 heavy (non-hydrogen) atoms. The molecule has 202 valence electrons.